The Labute approximate surface area is 121 Å². The van der Waals surface area contributed by atoms with Crippen molar-refractivity contribution in [1.29, 1.82) is 0 Å². The molecule has 7 heteroatoms. The van der Waals surface area contributed by atoms with Crippen molar-refractivity contribution >= 4 is 29.2 Å². The van der Waals surface area contributed by atoms with E-state index in [1.54, 1.807) is 32.9 Å². The molecule has 0 spiro atoms. The highest BCUT2D eigenvalue weighted by Crippen LogP contribution is 2.15. The number of imide groups is 1. The Balaban J connectivity index is 2.37. The summed E-state index contributed by atoms with van der Waals surface area (Å²) in [5, 5.41) is 4.65. The first-order valence-electron chi connectivity index (χ1n) is 6.03. The summed E-state index contributed by atoms with van der Waals surface area (Å²) in [6.45, 7) is 6.74. The molecule has 0 aliphatic heterocycles. The van der Waals surface area contributed by atoms with Crippen molar-refractivity contribution in [3.63, 3.8) is 0 Å². The number of aryl methyl sites for hydroxylation is 1. The molecule has 0 saturated carbocycles. The van der Waals surface area contributed by atoms with Crippen molar-refractivity contribution in [1.82, 2.24) is 10.6 Å². The van der Waals surface area contributed by atoms with Crippen LogP contribution in [0.2, 0.25) is 0 Å². The first kappa shape index (κ1) is 16.2. The van der Waals surface area contributed by atoms with E-state index in [1.165, 1.54) is 11.3 Å². The fourth-order valence-electron chi connectivity index (χ4n) is 1.28. The van der Waals surface area contributed by atoms with Crippen molar-refractivity contribution < 1.29 is 19.1 Å². The maximum atomic E-state index is 11.6. The van der Waals surface area contributed by atoms with Crippen LogP contribution >= 0.6 is 11.3 Å². The molecule has 0 radical (unpaired) electrons. The third kappa shape index (κ3) is 5.83. The van der Waals surface area contributed by atoms with Crippen molar-refractivity contribution in [3.05, 3.63) is 21.9 Å². The first-order valence-corrected chi connectivity index (χ1v) is 6.84. The van der Waals surface area contributed by atoms with Crippen LogP contribution in [-0.4, -0.2) is 30.1 Å². The zero-order valence-corrected chi connectivity index (χ0v) is 12.7. The van der Waals surface area contributed by atoms with Crippen molar-refractivity contribution in [2.45, 2.75) is 33.2 Å². The lowest BCUT2D eigenvalue weighted by Crippen LogP contribution is -2.49. The number of carbonyl (C=O) groups is 3. The topological polar surface area (TPSA) is 84.5 Å². The van der Waals surface area contributed by atoms with Gasteiger partial charge in [-0.05, 0) is 39.8 Å². The number of urea groups is 1. The predicted octanol–water partition coefficient (Wildman–Crippen LogP) is 1.84. The van der Waals surface area contributed by atoms with E-state index in [2.05, 4.69) is 10.6 Å². The maximum Gasteiger partial charge on any atom is 0.348 e. The lowest BCUT2D eigenvalue weighted by atomic mass is 10.1. The van der Waals surface area contributed by atoms with Crippen molar-refractivity contribution in [2.75, 3.05) is 6.61 Å². The Bertz CT molecular complexity index is 517. The fraction of sp³-hybridized carbons (Fsp3) is 0.462. The standard InChI is InChI=1S/C13H18N2O4S/c1-8-5-6-9(20-8)11(17)19-7-10(16)14-12(18)15-13(2,3)4/h5-6H,7H2,1-4H3,(H2,14,15,16,18). The van der Waals surface area contributed by atoms with Gasteiger partial charge in [0.05, 0.1) is 0 Å². The van der Waals surface area contributed by atoms with Crippen LogP contribution < -0.4 is 10.6 Å². The van der Waals surface area contributed by atoms with Crippen molar-refractivity contribution in [2.24, 2.45) is 0 Å². The Kier molecular flexibility index (Phi) is 5.26. The molecule has 1 heterocycles. The van der Waals surface area contributed by atoms with E-state index < -0.39 is 30.1 Å². The zero-order chi connectivity index (χ0) is 15.3. The van der Waals surface area contributed by atoms with Gasteiger partial charge in [-0.3, -0.25) is 10.1 Å². The van der Waals surface area contributed by atoms with Gasteiger partial charge in [0, 0.05) is 10.4 Å². The normalized spacial score (nSPS) is 10.8. The van der Waals surface area contributed by atoms with Crippen molar-refractivity contribution in [3.8, 4) is 0 Å². The number of nitrogens with one attached hydrogen (secondary N) is 2. The summed E-state index contributed by atoms with van der Waals surface area (Å²) in [5.74, 6) is -1.25. The van der Waals surface area contributed by atoms with E-state index in [0.29, 0.717) is 4.88 Å². The number of carbonyl (C=O) groups excluding carboxylic acids is 3. The molecule has 0 fully saturated rings. The second-order valence-corrected chi connectivity index (χ2v) is 6.53. The molecule has 6 nitrogen and oxygen atoms in total. The summed E-state index contributed by atoms with van der Waals surface area (Å²) in [6, 6.07) is 2.80. The second-order valence-electron chi connectivity index (χ2n) is 5.24. The fourth-order valence-corrected chi connectivity index (χ4v) is 2.04. The SMILES string of the molecule is Cc1ccc(C(=O)OCC(=O)NC(=O)NC(C)(C)C)s1. The minimum atomic E-state index is -0.673. The van der Waals surface area contributed by atoms with Gasteiger partial charge in [0.15, 0.2) is 6.61 Å². The number of rotatable bonds is 3. The van der Waals surface area contributed by atoms with Crippen LogP contribution in [0, 0.1) is 6.92 Å². The largest absolute Gasteiger partial charge is 0.451 e. The molecular weight excluding hydrogens is 280 g/mol. The lowest BCUT2D eigenvalue weighted by molar-refractivity contribution is -0.123. The molecule has 1 aromatic heterocycles. The van der Waals surface area contributed by atoms with Gasteiger partial charge in [0.25, 0.3) is 5.91 Å². The first-order chi connectivity index (χ1) is 9.17. The highest BCUT2D eigenvalue weighted by Gasteiger charge is 2.17. The van der Waals surface area contributed by atoms with Crippen LogP contribution in [0.4, 0.5) is 4.79 Å². The molecule has 1 aromatic rings. The number of ether oxygens (including phenoxy) is 1. The molecule has 0 bridgehead atoms. The number of hydrogen-bond acceptors (Lipinski definition) is 5. The molecule has 0 aromatic carbocycles. The van der Waals surface area contributed by atoms with Gasteiger partial charge in [-0.1, -0.05) is 0 Å². The van der Waals surface area contributed by atoms with E-state index in [4.69, 9.17) is 4.74 Å². The molecular formula is C13H18N2O4S. The number of esters is 1. The molecule has 20 heavy (non-hydrogen) atoms. The summed E-state index contributed by atoms with van der Waals surface area (Å²) < 4.78 is 4.81. The Morgan fingerprint density at radius 1 is 1.25 bits per heavy atom. The second kappa shape index (κ2) is 6.51. The van der Waals surface area contributed by atoms with E-state index >= 15 is 0 Å². The van der Waals surface area contributed by atoms with E-state index in [1.807, 2.05) is 6.92 Å². The monoisotopic (exact) mass is 298 g/mol. The van der Waals surface area contributed by atoms with Crippen LogP contribution in [0.25, 0.3) is 0 Å². The van der Waals surface area contributed by atoms with Crippen LogP contribution in [0.3, 0.4) is 0 Å². The molecule has 1 rings (SSSR count). The van der Waals surface area contributed by atoms with Gasteiger partial charge in [-0.15, -0.1) is 11.3 Å². The lowest BCUT2D eigenvalue weighted by Gasteiger charge is -2.20. The van der Waals surface area contributed by atoms with E-state index in [-0.39, 0.29) is 0 Å². The van der Waals surface area contributed by atoms with Gasteiger partial charge < -0.3 is 10.1 Å². The molecule has 0 atom stereocenters. The predicted molar refractivity (Wildman–Crippen MR) is 75.8 cm³/mol. The van der Waals surface area contributed by atoms with E-state index in [9.17, 15) is 14.4 Å². The summed E-state index contributed by atoms with van der Waals surface area (Å²) in [7, 11) is 0. The quantitative estimate of drug-likeness (QED) is 0.834. The van der Waals surface area contributed by atoms with Crippen LogP contribution in [0.5, 0.6) is 0 Å². The molecule has 0 aliphatic rings. The summed E-state index contributed by atoms with van der Waals surface area (Å²) in [6.07, 6.45) is 0. The highest BCUT2D eigenvalue weighted by atomic mass is 32.1. The smallest absolute Gasteiger partial charge is 0.348 e. The van der Waals surface area contributed by atoms with E-state index in [0.717, 1.165) is 4.88 Å². The van der Waals surface area contributed by atoms with Gasteiger partial charge in [0.2, 0.25) is 0 Å². The maximum absolute atomic E-state index is 11.6. The molecule has 110 valence electrons. The molecule has 0 saturated heterocycles. The third-order valence-corrected chi connectivity index (χ3v) is 3.00. The van der Waals surface area contributed by atoms with Gasteiger partial charge >= 0.3 is 12.0 Å². The van der Waals surface area contributed by atoms with Gasteiger partial charge in [0.1, 0.15) is 4.88 Å². The zero-order valence-electron chi connectivity index (χ0n) is 11.9. The molecule has 3 amide bonds. The number of thiophene rings is 1. The summed E-state index contributed by atoms with van der Waals surface area (Å²) in [4.78, 5) is 35.8. The highest BCUT2D eigenvalue weighted by molar-refractivity contribution is 7.13. The van der Waals surface area contributed by atoms with Crippen LogP contribution in [0.1, 0.15) is 35.3 Å². The molecule has 0 unspecified atom stereocenters. The van der Waals surface area contributed by atoms with Crippen LogP contribution in [-0.2, 0) is 9.53 Å². The van der Waals surface area contributed by atoms with Gasteiger partial charge in [-0.25, -0.2) is 9.59 Å². The van der Waals surface area contributed by atoms with Crippen LogP contribution in [0.15, 0.2) is 12.1 Å². The summed E-state index contributed by atoms with van der Waals surface area (Å²) in [5.41, 5.74) is -0.449. The Hall–Kier alpha value is -1.89. The Morgan fingerprint density at radius 3 is 2.40 bits per heavy atom. The molecule has 2 N–H and O–H groups in total. The average molecular weight is 298 g/mol. The number of amides is 3. The molecule has 0 aliphatic carbocycles. The third-order valence-electron chi connectivity index (χ3n) is 2.02. The van der Waals surface area contributed by atoms with Gasteiger partial charge in [-0.2, -0.15) is 0 Å². The minimum absolute atomic E-state index is 0.425. The number of hydrogen-bond donors (Lipinski definition) is 2. The minimum Gasteiger partial charge on any atom is -0.451 e. The average Bonchev–Trinajstić information content (AvgIpc) is 2.70. The Morgan fingerprint density at radius 2 is 1.90 bits per heavy atom. The summed E-state index contributed by atoms with van der Waals surface area (Å²) >= 11 is 1.28.